The summed E-state index contributed by atoms with van der Waals surface area (Å²) < 4.78 is 11.0. The van der Waals surface area contributed by atoms with E-state index in [1.165, 1.54) is 7.11 Å². The van der Waals surface area contributed by atoms with Gasteiger partial charge in [0.2, 0.25) is 0 Å². The van der Waals surface area contributed by atoms with Crippen LogP contribution >= 0.6 is 22.6 Å². The Morgan fingerprint density at radius 3 is 2.31 bits per heavy atom. The van der Waals surface area contributed by atoms with E-state index in [9.17, 15) is 4.79 Å². The van der Waals surface area contributed by atoms with Crippen molar-refractivity contribution in [3.63, 3.8) is 0 Å². The van der Waals surface area contributed by atoms with Crippen molar-refractivity contribution in [1.82, 2.24) is 0 Å². The van der Waals surface area contributed by atoms with Gasteiger partial charge in [0.1, 0.15) is 11.5 Å². The third-order valence-corrected chi connectivity index (χ3v) is 2.47. The second kappa shape index (κ2) is 4.45. The minimum Gasteiger partial charge on any atom is -0.496 e. The number of hydrogen-bond donors (Lipinski definition) is 0. The molecule has 1 aromatic carbocycles. The normalized spacial score (nSPS) is 9.46. The van der Waals surface area contributed by atoms with Gasteiger partial charge in [-0.25, -0.2) is 0 Å². The van der Waals surface area contributed by atoms with Crippen LogP contribution in [0.3, 0.4) is 0 Å². The first-order valence-electron chi connectivity index (χ1n) is 3.59. The minimum absolute atomic E-state index is 0.500. The molecule has 0 fully saturated rings. The molecule has 0 aliphatic rings. The van der Waals surface area contributed by atoms with Crippen LogP contribution < -0.4 is 9.47 Å². The Hall–Kier alpha value is -0.780. The number of methoxy groups -OCH3 is 2. The Morgan fingerprint density at radius 1 is 1.23 bits per heavy atom. The third-order valence-electron chi connectivity index (χ3n) is 1.63. The molecule has 0 bridgehead atoms. The van der Waals surface area contributed by atoms with E-state index in [4.69, 9.17) is 9.47 Å². The van der Waals surface area contributed by atoms with Crippen molar-refractivity contribution >= 4 is 28.9 Å². The van der Waals surface area contributed by atoms with E-state index < -0.39 is 0 Å². The lowest BCUT2D eigenvalue weighted by molar-refractivity contribution is 0.112. The zero-order valence-electron chi connectivity index (χ0n) is 7.33. The predicted molar refractivity (Wildman–Crippen MR) is 57.7 cm³/mol. The van der Waals surface area contributed by atoms with Gasteiger partial charge in [0.05, 0.1) is 23.4 Å². The van der Waals surface area contributed by atoms with Gasteiger partial charge in [-0.15, -0.1) is 0 Å². The number of ether oxygens (including phenoxy) is 2. The lowest BCUT2D eigenvalue weighted by Crippen LogP contribution is -1.94. The van der Waals surface area contributed by atoms with Gasteiger partial charge in [0.15, 0.2) is 6.29 Å². The van der Waals surface area contributed by atoms with E-state index in [1.807, 2.05) is 0 Å². The Balaban J connectivity index is 3.26. The number of carbonyl (C=O) groups excluding carboxylic acids is 1. The average Bonchev–Trinajstić information content (AvgIpc) is 2.17. The molecule has 0 aliphatic carbocycles. The number of hydrogen-bond acceptors (Lipinski definition) is 3. The standard InChI is InChI=1S/C9H9IO3/c1-12-8-4-7(10)9(13-2)3-6(8)5-11/h3-5H,1-2H3. The number of halogens is 1. The second-order valence-corrected chi connectivity index (χ2v) is 3.51. The summed E-state index contributed by atoms with van der Waals surface area (Å²) in [4.78, 5) is 10.6. The van der Waals surface area contributed by atoms with Gasteiger partial charge in [-0.3, -0.25) is 4.79 Å². The average molecular weight is 292 g/mol. The smallest absolute Gasteiger partial charge is 0.153 e. The number of rotatable bonds is 3. The number of aldehydes is 1. The monoisotopic (exact) mass is 292 g/mol. The van der Waals surface area contributed by atoms with Gasteiger partial charge in [-0.05, 0) is 34.7 Å². The largest absolute Gasteiger partial charge is 0.496 e. The molecule has 0 radical (unpaired) electrons. The fraction of sp³-hybridized carbons (Fsp3) is 0.222. The third kappa shape index (κ3) is 2.12. The van der Waals surface area contributed by atoms with Gasteiger partial charge < -0.3 is 9.47 Å². The van der Waals surface area contributed by atoms with Gasteiger partial charge >= 0.3 is 0 Å². The van der Waals surface area contributed by atoms with Crippen molar-refractivity contribution in [2.24, 2.45) is 0 Å². The van der Waals surface area contributed by atoms with Crippen molar-refractivity contribution in [3.8, 4) is 11.5 Å². The van der Waals surface area contributed by atoms with Crippen LogP contribution in [-0.2, 0) is 0 Å². The molecule has 0 atom stereocenters. The molecule has 0 N–H and O–H groups in total. The lowest BCUT2D eigenvalue weighted by Gasteiger charge is -2.07. The van der Waals surface area contributed by atoms with Crippen molar-refractivity contribution in [1.29, 1.82) is 0 Å². The highest BCUT2D eigenvalue weighted by atomic mass is 127. The molecule has 0 amide bonds. The maximum absolute atomic E-state index is 10.6. The van der Waals surface area contributed by atoms with Crippen LogP contribution in [0.1, 0.15) is 10.4 Å². The van der Waals surface area contributed by atoms with E-state index in [1.54, 1.807) is 19.2 Å². The van der Waals surface area contributed by atoms with E-state index in [0.29, 0.717) is 17.1 Å². The molecular formula is C9H9IO3. The van der Waals surface area contributed by atoms with E-state index >= 15 is 0 Å². The van der Waals surface area contributed by atoms with E-state index in [2.05, 4.69) is 22.6 Å². The summed E-state index contributed by atoms with van der Waals surface area (Å²) in [5.74, 6) is 1.25. The molecule has 1 aromatic rings. The van der Waals surface area contributed by atoms with E-state index in [0.717, 1.165) is 9.86 Å². The van der Waals surface area contributed by atoms with Crippen LogP contribution in [0, 0.1) is 3.57 Å². The van der Waals surface area contributed by atoms with Crippen LogP contribution in [-0.4, -0.2) is 20.5 Å². The number of carbonyl (C=O) groups is 1. The highest BCUT2D eigenvalue weighted by Crippen LogP contribution is 2.28. The SMILES string of the molecule is COc1cc(C=O)c(OC)cc1I. The van der Waals surface area contributed by atoms with Gasteiger partial charge in [0, 0.05) is 0 Å². The summed E-state index contributed by atoms with van der Waals surface area (Å²) in [7, 11) is 3.10. The topological polar surface area (TPSA) is 35.5 Å². The Bertz CT molecular complexity index is 323. The molecule has 0 spiro atoms. The van der Waals surface area contributed by atoms with Crippen molar-refractivity contribution < 1.29 is 14.3 Å². The first-order chi connectivity index (χ1) is 6.22. The summed E-state index contributed by atoms with van der Waals surface area (Å²) in [5, 5.41) is 0. The first kappa shape index (κ1) is 10.3. The van der Waals surface area contributed by atoms with Crippen LogP contribution in [0.15, 0.2) is 12.1 Å². The Labute approximate surface area is 90.2 Å². The maximum Gasteiger partial charge on any atom is 0.153 e. The van der Waals surface area contributed by atoms with E-state index in [-0.39, 0.29) is 0 Å². The fourth-order valence-corrected chi connectivity index (χ4v) is 1.63. The molecule has 0 saturated heterocycles. The summed E-state index contributed by atoms with van der Waals surface area (Å²) in [6.07, 6.45) is 0.747. The lowest BCUT2D eigenvalue weighted by atomic mass is 10.2. The van der Waals surface area contributed by atoms with Gasteiger partial charge in [0.25, 0.3) is 0 Å². The second-order valence-electron chi connectivity index (χ2n) is 2.35. The van der Waals surface area contributed by atoms with Crippen LogP contribution in [0.5, 0.6) is 11.5 Å². The Kier molecular flexibility index (Phi) is 3.53. The molecule has 0 aliphatic heterocycles. The van der Waals surface area contributed by atoms with Crippen LogP contribution in [0.4, 0.5) is 0 Å². The zero-order chi connectivity index (χ0) is 9.84. The molecule has 0 unspecified atom stereocenters. The quantitative estimate of drug-likeness (QED) is 0.632. The maximum atomic E-state index is 10.6. The summed E-state index contributed by atoms with van der Waals surface area (Å²) in [5.41, 5.74) is 0.500. The molecule has 3 nitrogen and oxygen atoms in total. The number of benzene rings is 1. The summed E-state index contributed by atoms with van der Waals surface area (Å²) >= 11 is 2.12. The van der Waals surface area contributed by atoms with Crippen molar-refractivity contribution in [2.45, 2.75) is 0 Å². The molecule has 0 saturated carbocycles. The molecule has 1 rings (SSSR count). The highest BCUT2D eigenvalue weighted by Gasteiger charge is 2.07. The van der Waals surface area contributed by atoms with Crippen molar-refractivity contribution in [2.75, 3.05) is 14.2 Å². The Morgan fingerprint density at radius 2 is 1.85 bits per heavy atom. The molecule has 0 aromatic heterocycles. The predicted octanol–water partition coefficient (Wildman–Crippen LogP) is 2.12. The zero-order valence-corrected chi connectivity index (χ0v) is 9.49. The molecule has 4 heteroatoms. The van der Waals surface area contributed by atoms with Gasteiger partial charge in [-0.2, -0.15) is 0 Å². The molecule has 13 heavy (non-hydrogen) atoms. The van der Waals surface area contributed by atoms with Crippen molar-refractivity contribution in [3.05, 3.63) is 21.3 Å². The summed E-state index contributed by atoms with van der Waals surface area (Å²) in [6, 6.07) is 3.43. The minimum atomic E-state index is 0.500. The fourth-order valence-electron chi connectivity index (χ4n) is 0.976. The molecule has 70 valence electrons. The first-order valence-corrected chi connectivity index (χ1v) is 4.67. The molecule has 0 heterocycles. The highest BCUT2D eigenvalue weighted by molar-refractivity contribution is 14.1. The summed E-state index contributed by atoms with van der Waals surface area (Å²) in [6.45, 7) is 0. The van der Waals surface area contributed by atoms with Gasteiger partial charge in [-0.1, -0.05) is 0 Å². The van der Waals surface area contributed by atoms with Crippen LogP contribution in [0.2, 0.25) is 0 Å². The molecular weight excluding hydrogens is 283 g/mol. The van der Waals surface area contributed by atoms with Crippen LogP contribution in [0.25, 0.3) is 0 Å².